The van der Waals surface area contributed by atoms with Crippen molar-refractivity contribution in [2.75, 3.05) is 19.6 Å². The first-order chi connectivity index (χ1) is 15.1. The van der Waals surface area contributed by atoms with E-state index in [1.54, 1.807) is 24.3 Å². The van der Waals surface area contributed by atoms with E-state index in [-0.39, 0.29) is 11.8 Å². The third-order valence-corrected chi connectivity index (χ3v) is 5.42. The summed E-state index contributed by atoms with van der Waals surface area (Å²) >= 11 is 0. The Kier molecular flexibility index (Phi) is 6.40. The topological polar surface area (TPSA) is 88.3 Å². The van der Waals surface area contributed by atoms with Crippen LogP contribution in [0.5, 0.6) is 0 Å². The fraction of sp³-hybridized carbons (Fsp3) is 0.333. The number of nitrogens with zero attached hydrogens (tertiary/aromatic N) is 3. The fourth-order valence-corrected chi connectivity index (χ4v) is 3.69. The lowest BCUT2D eigenvalue weighted by Crippen LogP contribution is -2.37. The van der Waals surface area contributed by atoms with E-state index in [0.717, 1.165) is 42.6 Å². The number of amides is 2. The van der Waals surface area contributed by atoms with Crippen molar-refractivity contribution < 1.29 is 14.0 Å². The summed E-state index contributed by atoms with van der Waals surface area (Å²) in [5.41, 5.74) is 3.25. The molecule has 0 bridgehead atoms. The number of nitrogens with one attached hydrogen (secondary N) is 1. The Bertz CT molecular complexity index is 1050. The van der Waals surface area contributed by atoms with Crippen LogP contribution in [0.1, 0.15) is 41.6 Å². The summed E-state index contributed by atoms with van der Waals surface area (Å²) in [6, 6.07) is 14.9. The first-order valence-electron chi connectivity index (χ1n) is 10.7. The zero-order chi connectivity index (χ0) is 21.6. The molecule has 4 rings (SSSR count). The van der Waals surface area contributed by atoms with Crippen LogP contribution in [-0.4, -0.2) is 46.5 Å². The summed E-state index contributed by atoms with van der Waals surface area (Å²) in [6.45, 7) is 4.00. The highest BCUT2D eigenvalue weighted by Crippen LogP contribution is 2.24. The molecule has 2 aromatic carbocycles. The van der Waals surface area contributed by atoms with Gasteiger partial charge in [-0.25, -0.2) is 0 Å². The van der Waals surface area contributed by atoms with E-state index in [1.807, 2.05) is 36.1 Å². The van der Waals surface area contributed by atoms with E-state index in [9.17, 15) is 9.59 Å². The van der Waals surface area contributed by atoms with Gasteiger partial charge in [0.25, 0.3) is 5.91 Å². The zero-order valence-electron chi connectivity index (χ0n) is 17.6. The van der Waals surface area contributed by atoms with Crippen molar-refractivity contribution in [3.05, 3.63) is 59.7 Å². The molecule has 1 aliphatic rings. The Morgan fingerprint density at radius 2 is 1.68 bits per heavy atom. The number of likely N-dealkylation sites (tertiary alicyclic amines) is 1. The van der Waals surface area contributed by atoms with E-state index in [0.29, 0.717) is 30.3 Å². The van der Waals surface area contributed by atoms with Gasteiger partial charge in [0.05, 0.1) is 0 Å². The van der Waals surface area contributed by atoms with Gasteiger partial charge in [-0.1, -0.05) is 17.7 Å². The first kappa shape index (κ1) is 20.8. The highest BCUT2D eigenvalue weighted by atomic mass is 16.4. The van der Waals surface area contributed by atoms with Gasteiger partial charge in [0.2, 0.25) is 17.7 Å². The SMILES string of the molecule is Cc1cccc(-c2nnc(-c3ccc(C(=O)NCCC(=O)N4CCCCC4)cc3)o2)c1. The van der Waals surface area contributed by atoms with Crippen LogP contribution in [0.2, 0.25) is 0 Å². The van der Waals surface area contributed by atoms with Crippen molar-refractivity contribution in [3.63, 3.8) is 0 Å². The maximum atomic E-state index is 12.4. The van der Waals surface area contributed by atoms with Crippen LogP contribution >= 0.6 is 0 Å². The maximum Gasteiger partial charge on any atom is 0.251 e. The largest absolute Gasteiger partial charge is 0.416 e. The molecule has 1 saturated heterocycles. The Balaban J connectivity index is 1.32. The van der Waals surface area contributed by atoms with Crippen molar-refractivity contribution in [1.29, 1.82) is 0 Å². The summed E-state index contributed by atoms with van der Waals surface area (Å²) < 4.78 is 5.80. The van der Waals surface area contributed by atoms with Crippen molar-refractivity contribution in [1.82, 2.24) is 20.4 Å². The highest BCUT2D eigenvalue weighted by Gasteiger charge is 2.16. The summed E-state index contributed by atoms with van der Waals surface area (Å²) in [6.07, 6.45) is 3.65. The molecule has 0 saturated carbocycles. The number of hydrogen-bond donors (Lipinski definition) is 1. The minimum Gasteiger partial charge on any atom is -0.416 e. The quantitative estimate of drug-likeness (QED) is 0.657. The average molecular weight is 418 g/mol. The number of hydrogen-bond acceptors (Lipinski definition) is 5. The van der Waals surface area contributed by atoms with Crippen LogP contribution < -0.4 is 5.32 Å². The van der Waals surface area contributed by atoms with Crippen LogP contribution in [0.3, 0.4) is 0 Å². The number of aromatic nitrogens is 2. The second-order valence-electron chi connectivity index (χ2n) is 7.81. The molecule has 1 fully saturated rings. The lowest BCUT2D eigenvalue weighted by atomic mass is 10.1. The fourth-order valence-electron chi connectivity index (χ4n) is 3.69. The predicted octanol–water partition coefficient (Wildman–Crippen LogP) is 3.84. The minimum absolute atomic E-state index is 0.108. The molecule has 3 aromatic rings. The second-order valence-corrected chi connectivity index (χ2v) is 7.81. The lowest BCUT2D eigenvalue weighted by Gasteiger charge is -2.26. The molecule has 7 nitrogen and oxygen atoms in total. The van der Waals surface area contributed by atoms with Crippen molar-refractivity contribution in [2.45, 2.75) is 32.6 Å². The lowest BCUT2D eigenvalue weighted by molar-refractivity contribution is -0.131. The minimum atomic E-state index is -0.205. The van der Waals surface area contributed by atoms with Crippen molar-refractivity contribution in [3.8, 4) is 22.9 Å². The summed E-state index contributed by atoms with van der Waals surface area (Å²) in [7, 11) is 0. The van der Waals surface area contributed by atoms with E-state index in [1.165, 1.54) is 6.42 Å². The van der Waals surface area contributed by atoms with Crippen LogP contribution in [-0.2, 0) is 4.79 Å². The van der Waals surface area contributed by atoms with E-state index in [4.69, 9.17) is 4.42 Å². The van der Waals surface area contributed by atoms with Crippen LogP contribution in [0.4, 0.5) is 0 Å². The third-order valence-electron chi connectivity index (χ3n) is 5.42. The molecule has 0 radical (unpaired) electrons. The number of aryl methyl sites for hydroxylation is 1. The summed E-state index contributed by atoms with van der Waals surface area (Å²) in [5.74, 6) is 0.759. The number of benzene rings is 2. The Labute approximate surface area is 181 Å². The highest BCUT2D eigenvalue weighted by molar-refractivity contribution is 5.94. The number of rotatable bonds is 6. The predicted molar refractivity (Wildman–Crippen MR) is 117 cm³/mol. The third kappa shape index (κ3) is 5.17. The number of piperidine rings is 1. The van der Waals surface area contributed by atoms with E-state index < -0.39 is 0 Å². The second kappa shape index (κ2) is 9.55. The molecule has 1 aliphatic heterocycles. The molecule has 160 valence electrons. The molecule has 1 aromatic heterocycles. The van der Waals surface area contributed by atoms with Crippen LogP contribution in [0, 0.1) is 6.92 Å². The first-order valence-corrected chi connectivity index (χ1v) is 10.7. The van der Waals surface area contributed by atoms with Gasteiger partial charge in [-0.3, -0.25) is 9.59 Å². The van der Waals surface area contributed by atoms with Gasteiger partial charge in [-0.15, -0.1) is 10.2 Å². The van der Waals surface area contributed by atoms with Gasteiger partial charge in [0.15, 0.2) is 0 Å². The molecule has 2 heterocycles. The summed E-state index contributed by atoms with van der Waals surface area (Å²) in [5, 5.41) is 11.1. The Morgan fingerprint density at radius 1 is 0.968 bits per heavy atom. The van der Waals surface area contributed by atoms with Crippen LogP contribution in [0.15, 0.2) is 52.9 Å². The molecule has 0 atom stereocenters. The number of carbonyl (C=O) groups is 2. The maximum absolute atomic E-state index is 12.4. The molecule has 31 heavy (non-hydrogen) atoms. The van der Waals surface area contributed by atoms with Crippen molar-refractivity contribution >= 4 is 11.8 Å². The zero-order valence-corrected chi connectivity index (χ0v) is 17.6. The van der Waals surface area contributed by atoms with Gasteiger partial charge >= 0.3 is 0 Å². The van der Waals surface area contributed by atoms with Gasteiger partial charge < -0.3 is 14.6 Å². The standard InChI is InChI=1S/C24H26N4O3/c1-17-6-5-7-20(16-17)24-27-26-23(31-24)19-10-8-18(9-11-19)22(30)25-13-12-21(29)28-14-3-2-4-15-28/h5-11,16H,2-4,12-15H2,1H3,(H,25,30). The molecule has 0 aliphatic carbocycles. The van der Waals surface area contributed by atoms with Crippen LogP contribution in [0.25, 0.3) is 22.9 Å². The molecular weight excluding hydrogens is 392 g/mol. The smallest absolute Gasteiger partial charge is 0.251 e. The molecule has 1 N–H and O–H groups in total. The Hall–Kier alpha value is -3.48. The monoisotopic (exact) mass is 418 g/mol. The molecule has 0 unspecified atom stereocenters. The molecular formula is C24H26N4O3. The van der Waals surface area contributed by atoms with Crippen molar-refractivity contribution in [2.24, 2.45) is 0 Å². The van der Waals surface area contributed by atoms with E-state index in [2.05, 4.69) is 15.5 Å². The normalized spacial score (nSPS) is 13.8. The van der Waals surface area contributed by atoms with Gasteiger partial charge in [-0.2, -0.15) is 0 Å². The average Bonchev–Trinajstić information content (AvgIpc) is 3.30. The number of carbonyl (C=O) groups excluding carboxylic acids is 2. The van der Waals surface area contributed by atoms with E-state index >= 15 is 0 Å². The molecule has 2 amide bonds. The van der Waals surface area contributed by atoms with Gasteiger partial charge in [0.1, 0.15) is 0 Å². The van der Waals surface area contributed by atoms with Gasteiger partial charge in [0, 0.05) is 42.7 Å². The van der Waals surface area contributed by atoms with Gasteiger partial charge in [-0.05, 0) is 62.6 Å². The Morgan fingerprint density at radius 3 is 2.39 bits per heavy atom. The summed E-state index contributed by atoms with van der Waals surface area (Å²) in [4.78, 5) is 26.5. The molecule has 0 spiro atoms. The molecule has 7 heteroatoms.